The smallest absolute Gasteiger partial charge is 0.0593 e. The Morgan fingerprint density at radius 1 is 1.19 bits per heavy atom. The second kappa shape index (κ2) is 7.94. The lowest BCUT2D eigenvalue weighted by Gasteiger charge is -2.48. The van der Waals surface area contributed by atoms with Gasteiger partial charge in [0.25, 0.3) is 0 Å². The van der Waals surface area contributed by atoms with Gasteiger partial charge in [0, 0.05) is 37.8 Å². The van der Waals surface area contributed by atoms with E-state index in [0.717, 1.165) is 32.2 Å². The molecule has 1 heterocycles. The van der Waals surface area contributed by atoms with Crippen molar-refractivity contribution in [3.8, 4) is 0 Å². The summed E-state index contributed by atoms with van der Waals surface area (Å²) < 4.78 is 5.81. The van der Waals surface area contributed by atoms with Gasteiger partial charge in [-0.3, -0.25) is 4.90 Å². The summed E-state index contributed by atoms with van der Waals surface area (Å²) in [7, 11) is 0. The lowest BCUT2D eigenvalue weighted by molar-refractivity contribution is 0.0112. The first kappa shape index (κ1) is 17.2. The summed E-state index contributed by atoms with van der Waals surface area (Å²) in [5.41, 5.74) is 0.256. The topological polar surface area (TPSA) is 24.5 Å². The normalized spacial score (nSPS) is 28.1. The molecular weight excluding hydrogens is 260 g/mol. The van der Waals surface area contributed by atoms with E-state index in [1.54, 1.807) is 0 Å². The minimum absolute atomic E-state index is 0.256. The van der Waals surface area contributed by atoms with Crippen molar-refractivity contribution in [2.24, 2.45) is 11.8 Å². The highest BCUT2D eigenvalue weighted by Gasteiger charge is 2.36. The van der Waals surface area contributed by atoms with Crippen LogP contribution in [0.2, 0.25) is 0 Å². The van der Waals surface area contributed by atoms with Gasteiger partial charge in [-0.25, -0.2) is 0 Å². The molecule has 1 atom stereocenters. The van der Waals surface area contributed by atoms with Crippen molar-refractivity contribution in [3.63, 3.8) is 0 Å². The molecule has 0 aromatic carbocycles. The number of nitrogens with zero attached hydrogens (tertiary/aromatic N) is 1. The minimum atomic E-state index is 0.256. The lowest BCUT2D eigenvalue weighted by Crippen LogP contribution is -2.64. The van der Waals surface area contributed by atoms with E-state index in [-0.39, 0.29) is 5.54 Å². The largest absolute Gasteiger partial charge is 0.380 e. The van der Waals surface area contributed by atoms with Crippen LogP contribution in [0.4, 0.5) is 0 Å². The van der Waals surface area contributed by atoms with E-state index in [0.29, 0.717) is 12.0 Å². The second-order valence-electron chi connectivity index (χ2n) is 8.11. The molecule has 1 unspecified atom stereocenters. The van der Waals surface area contributed by atoms with Crippen LogP contribution < -0.4 is 5.32 Å². The highest BCUT2D eigenvalue weighted by atomic mass is 16.5. The summed E-state index contributed by atoms with van der Waals surface area (Å²) in [6, 6.07) is 0.698. The van der Waals surface area contributed by atoms with E-state index in [4.69, 9.17) is 4.74 Å². The summed E-state index contributed by atoms with van der Waals surface area (Å²) in [5, 5.41) is 3.84. The van der Waals surface area contributed by atoms with Gasteiger partial charge in [0.15, 0.2) is 0 Å². The molecule has 21 heavy (non-hydrogen) atoms. The second-order valence-corrected chi connectivity index (χ2v) is 8.11. The number of nitrogens with one attached hydrogen (secondary N) is 1. The lowest BCUT2D eigenvalue weighted by atomic mass is 9.81. The molecule has 1 N–H and O–H groups in total. The third-order valence-electron chi connectivity index (χ3n) is 5.25. The Hall–Kier alpha value is -0.120. The van der Waals surface area contributed by atoms with Crippen molar-refractivity contribution in [1.82, 2.24) is 10.2 Å². The summed E-state index contributed by atoms with van der Waals surface area (Å²) in [6.45, 7) is 14.3. The van der Waals surface area contributed by atoms with Gasteiger partial charge < -0.3 is 10.1 Å². The van der Waals surface area contributed by atoms with Gasteiger partial charge in [-0.05, 0) is 38.5 Å². The monoisotopic (exact) mass is 296 g/mol. The number of piperazine rings is 1. The number of rotatable bonds is 6. The van der Waals surface area contributed by atoms with Crippen molar-refractivity contribution in [2.45, 2.75) is 71.4 Å². The molecule has 124 valence electrons. The van der Waals surface area contributed by atoms with Crippen LogP contribution in [0.5, 0.6) is 0 Å². The zero-order valence-corrected chi connectivity index (χ0v) is 14.7. The van der Waals surface area contributed by atoms with Crippen molar-refractivity contribution < 1.29 is 4.74 Å². The molecule has 1 aliphatic heterocycles. The number of ether oxygens (including phenoxy) is 1. The molecule has 0 aromatic heterocycles. The Balaban J connectivity index is 1.81. The summed E-state index contributed by atoms with van der Waals surface area (Å²) in [5.74, 6) is 1.53. The third kappa shape index (κ3) is 5.22. The van der Waals surface area contributed by atoms with E-state index in [9.17, 15) is 0 Å². The minimum Gasteiger partial charge on any atom is -0.380 e. The zero-order valence-electron chi connectivity index (χ0n) is 14.7. The van der Waals surface area contributed by atoms with Crippen LogP contribution >= 0.6 is 0 Å². The molecule has 1 saturated carbocycles. The molecule has 0 spiro atoms. The van der Waals surface area contributed by atoms with Crippen molar-refractivity contribution in [2.75, 3.05) is 32.8 Å². The van der Waals surface area contributed by atoms with Crippen LogP contribution in [0.25, 0.3) is 0 Å². The zero-order chi connectivity index (χ0) is 15.3. The van der Waals surface area contributed by atoms with Crippen LogP contribution in [-0.4, -0.2) is 49.3 Å². The Labute approximate surface area is 131 Å². The average Bonchev–Trinajstić information content (AvgIpc) is 2.45. The van der Waals surface area contributed by atoms with E-state index in [1.165, 1.54) is 38.6 Å². The van der Waals surface area contributed by atoms with E-state index in [2.05, 4.69) is 37.9 Å². The molecule has 0 bridgehead atoms. The Kier molecular flexibility index (Phi) is 6.51. The van der Waals surface area contributed by atoms with E-state index < -0.39 is 0 Å². The molecule has 2 fully saturated rings. The average molecular weight is 296 g/mol. The van der Waals surface area contributed by atoms with Gasteiger partial charge in [-0.1, -0.05) is 33.1 Å². The Bertz CT molecular complexity index is 298. The first-order chi connectivity index (χ1) is 9.99. The van der Waals surface area contributed by atoms with Gasteiger partial charge in [-0.2, -0.15) is 0 Å². The maximum atomic E-state index is 5.81. The molecule has 2 rings (SSSR count). The number of hydrogen-bond acceptors (Lipinski definition) is 3. The first-order valence-electron chi connectivity index (χ1n) is 9.05. The van der Waals surface area contributed by atoms with Gasteiger partial charge in [0.2, 0.25) is 0 Å². The summed E-state index contributed by atoms with van der Waals surface area (Å²) in [4.78, 5) is 2.66. The first-order valence-corrected chi connectivity index (χ1v) is 9.05. The molecular formula is C18H36N2O. The molecule has 1 aliphatic carbocycles. The predicted molar refractivity (Wildman–Crippen MR) is 89.7 cm³/mol. The number of hydrogen-bond donors (Lipinski definition) is 1. The molecule has 1 saturated heterocycles. The van der Waals surface area contributed by atoms with Crippen LogP contribution in [0.3, 0.4) is 0 Å². The molecule has 0 radical (unpaired) electrons. The predicted octanol–water partition coefficient (Wildman–Crippen LogP) is 3.29. The van der Waals surface area contributed by atoms with E-state index >= 15 is 0 Å². The maximum absolute atomic E-state index is 5.81. The fraction of sp³-hybridized carbons (Fsp3) is 1.00. The highest BCUT2D eigenvalue weighted by molar-refractivity contribution is 4.95. The van der Waals surface area contributed by atoms with Gasteiger partial charge in [0.05, 0.1) is 6.61 Å². The highest BCUT2D eigenvalue weighted by Crippen LogP contribution is 2.30. The van der Waals surface area contributed by atoms with Crippen LogP contribution in [0, 0.1) is 11.8 Å². The fourth-order valence-corrected chi connectivity index (χ4v) is 3.78. The van der Waals surface area contributed by atoms with Gasteiger partial charge in [0.1, 0.15) is 0 Å². The quantitative estimate of drug-likeness (QED) is 0.761. The maximum Gasteiger partial charge on any atom is 0.0593 e. The SMILES string of the molecule is CC(C)COCCN1CC(C2CCCCC2)NCC1(C)C. The van der Waals surface area contributed by atoms with Crippen LogP contribution in [0.1, 0.15) is 59.8 Å². The Morgan fingerprint density at radius 2 is 1.90 bits per heavy atom. The Morgan fingerprint density at radius 3 is 2.57 bits per heavy atom. The van der Waals surface area contributed by atoms with Crippen molar-refractivity contribution in [1.29, 1.82) is 0 Å². The summed E-state index contributed by atoms with van der Waals surface area (Å²) >= 11 is 0. The molecule has 0 aromatic rings. The molecule has 3 heteroatoms. The van der Waals surface area contributed by atoms with Crippen LogP contribution in [0.15, 0.2) is 0 Å². The van der Waals surface area contributed by atoms with Gasteiger partial charge in [-0.15, -0.1) is 0 Å². The van der Waals surface area contributed by atoms with Gasteiger partial charge >= 0.3 is 0 Å². The van der Waals surface area contributed by atoms with Crippen molar-refractivity contribution >= 4 is 0 Å². The van der Waals surface area contributed by atoms with Crippen molar-refractivity contribution in [3.05, 3.63) is 0 Å². The fourth-order valence-electron chi connectivity index (χ4n) is 3.78. The molecule has 2 aliphatic rings. The van der Waals surface area contributed by atoms with E-state index in [1.807, 2.05) is 0 Å². The summed E-state index contributed by atoms with van der Waals surface area (Å²) in [6.07, 6.45) is 7.17. The standard InChI is InChI=1S/C18H36N2O/c1-15(2)13-21-11-10-20-12-17(19-14-18(20,3)4)16-8-6-5-7-9-16/h15-17,19H,5-14H2,1-4H3. The molecule has 0 amide bonds. The molecule has 3 nitrogen and oxygen atoms in total. The van der Waals surface area contributed by atoms with Crippen LogP contribution in [-0.2, 0) is 4.74 Å². The third-order valence-corrected chi connectivity index (χ3v) is 5.25.